The first-order valence-corrected chi connectivity index (χ1v) is 7.57. The summed E-state index contributed by atoms with van der Waals surface area (Å²) in [5.74, 6) is 0. The van der Waals surface area contributed by atoms with Crippen LogP contribution in [0.3, 0.4) is 0 Å². The average molecular weight is 322 g/mol. The van der Waals surface area contributed by atoms with Crippen LogP contribution < -0.4 is 0 Å². The normalized spacial score (nSPS) is 12.4. The van der Waals surface area contributed by atoms with Crippen LogP contribution in [0, 0.1) is 0 Å². The maximum absolute atomic E-state index is 12.9. The molecule has 1 aromatic carbocycles. The maximum atomic E-state index is 12.9. The molecule has 0 spiro atoms. The van der Waals surface area contributed by atoms with Crippen LogP contribution in [0.5, 0.6) is 0 Å². The van der Waals surface area contributed by atoms with Crippen molar-refractivity contribution in [3.05, 3.63) is 48.3 Å². The summed E-state index contributed by atoms with van der Waals surface area (Å²) in [6, 6.07) is 5.90. The number of aromatic nitrogens is 1. The molecular weight excluding hydrogens is 315 g/mol. The second-order valence-electron chi connectivity index (χ2n) is 3.88. The lowest BCUT2D eigenvalue weighted by atomic mass is 10.0. The predicted molar refractivity (Wildman–Crippen MR) is 67.7 cm³/mol. The van der Waals surface area contributed by atoms with Crippen LogP contribution in [0.1, 0.15) is 5.56 Å². The maximum Gasteiger partial charge on any atom is 0.417 e. The first-order valence-electron chi connectivity index (χ1n) is 5.26. The number of halogens is 4. The monoisotopic (exact) mass is 321 g/mol. The Morgan fingerprint density at radius 3 is 2.10 bits per heavy atom. The van der Waals surface area contributed by atoms with Crippen LogP contribution in [0.25, 0.3) is 11.1 Å². The minimum absolute atomic E-state index is 0.226. The van der Waals surface area contributed by atoms with Gasteiger partial charge in [0.1, 0.15) is 0 Å². The van der Waals surface area contributed by atoms with Gasteiger partial charge in [-0.2, -0.15) is 13.2 Å². The second kappa shape index (κ2) is 5.06. The van der Waals surface area contributed by atoms with Gasteiger partial charge in [-0.1, -0.05) is 6.07 Å². The highest BCUT2D eigenvalue weighted by Crippen LogP contribution is 2.37. The Bertz CT molecular complexity index is 730. The number of alkyl halides is 3. The molecule has 20 heavy (non-hydrogen) atoms. The highest BCUT2D eigenvalue weighted by Gasteiger charge is 2.37. The van der Waals surface area contributed by atoms with Gasteiger partial charge in [0.2, 0.25) is 0 Å². The van der Waals surface area contributed by atoms with Gasteiger partial charge in [0.15, 0.2) is 0 Å². The zero-order chi connectivity index (χ0) is 15.0. The molecule has 0 bridgehead atoms. The van der Waals surface area contributed by atoms with Crippen molar-refractivity contribution in [3.63, 3.8) is 0 Å². The summed E-state index contributed by atoms with van der Waals surface area (Å²) < 4.78 is 61.2. The Labute approximate surface area is 117 Å². The fraction of sp³-hybridized carbons (Fsp3) is 0.0833. The van der Waals surface area contributed by atoms with Gasteiger partial charge in [0.05, 0.1) is 10.5 Å². The second-order valence-corrected chi connectivity index (χ2v) is 6.42. The van der Waals surface area contributed by atoms with E-state index in [0.717, 1.165) is 12.1 Å². The lowest BCUT2D eigenvalue weighted by Crippen LogP contribution is -2.10. The van der Waals surface area contributed by atoms with Crippen molar-refractivity contribution in [1.82, 2.24) is 4.98 Å². The van der Waals surface area contributed by atoms with Crippen molar-refractivity contribution in [1.29, 1.82) is 0 Å². The molecular formula is C12H7ClF3NO2S. The molecule has 0 aliphatic carbocycles. The molecule has 0 saturated carbocycles. The molecule has 0 atom stereocenters. The van der Waals surface area contributed by atoms with Crippen molar-refractivity contribution in [3.8, 4) is 11.1 Å². The molecule has 2 aromatic rings. The minimum atomic E-state index is -4.82. The molecule has 2 rings (SSSR count). The van der Waals surface area contributed by atoms with Crippen LogP contribution in [-0.2, 0) is 15.2 Å². The number of pyridine rings is 1. The highest BCUT2D eigenvalue weighted by atomic mass is 35.7. The lowest BCUT2D eigenvalue weighted by Gasteiger charge is -2.12. The van der Waals surface area contributed by atoms with Gasteiger partial charge in [0.25, 0.3) is 9.05 Å². The van der Waals surface area contributed by atoms with Gasteiger partial charge >= 0.3 is 6.18 Å². The number of benzene rings is 1. The molecule has 0 fully saturated rings. The number of nitrogens with zero attached hydrogens (tertiary/aromatic N) is 1. The molecule has 1 heterocycles. The smallest absolute Gasteiger partial charge is 0.265 e. The Balaban J connectivity index is 2.68. The summed E-state index contributed by atoms with van der Waals surface area (Å²) in [4.78, 5) is 2.81. The van der Waals surface area contributed by atoms with Crippen molar-refractivity contribution in [2.45, 2.75) is 11.1 Å². The van der Waals surface area contributed by atoms with E-state index in [-0.39, 0.29) is 5.56 Å². The van der Waals surface area contributed by atoms with Crippen LogP contribution in [0.15, 0.2) is 47.6 Å². The quantitative estimate of drug-likeness (QED) is 0.792. The molecule has 0 N–H and O–H groups in total. The Hall–Kier alpha value is -1.60. The first kappa shape index (κ1) is 14.8. The molecule has 8 heteroatoms. The topological polar surface area (TPSA) is 47.0 Å². The van der Waals surface area contributed by atoms with E-state index >= 15 is 0 Å². The lowest BCUT2D eigenvalue weighted by molar-refractivity contribution is -0.139. The predicted octanol–water partition coefficient (Wildman–Crippen LogP) is 3.69. The summed E-state index contributed by atoms with van der Waals surface area (Å²) in [6.07, 6.45) is -1.97. The summed E-state index contributed by atoms with van der Waals surface area (Å²) in [6.45, 7) is 0. The van der Waals surface area contributed by atoms with E-state index in [1.54, 1.807) is 0 Å². The van der Waals surface area contributed by atoms with Gasteiger partial charge in [-0.05, 0) is 35.4 Å². The molecule has 0 aliphatic heterocycles. The molecule has 0 unspecified atom stereocenters. The fourth-order valence-electron chi connectivity index (χ4n) is 1.69. The summed E-state index contributed by atoms with van der Waals surface area (Å²) in [7, 11) is 0.555. The third-order valence-electron chi connectivity index (χ3n) is 2.56. The molecule has 0 aliphatic rings. The van der Waals surface area contributed by atoms with Gasteiger partial charge in [-0.3, -0.25) is 4.98 Å². The van der Waals surface area contributed by atoms with E-state index in [0.29, 0.717) is 5.56 Å². The van der Waals surface area contributed by atoms with Crippen molar-refractivity contribution in [2.75, 3.05) is 0 Å². The zero-order valence-corrected chi connectivity index (χ0v) is 11.3. The standard InChI is InChI=1S/C12H7ClF3NO2S/c13-20(18,19)11-2-1-9(7-10(11)12(14,15)16)8-3-5-17-6-4-8/h1-7H. The van der Waals surface area contributed by atoms with Gasteiger partial charge in [-0.25, -0.2) is 8.42 Å². The van der Waals surface area contributed by atoms with Crippen molar-refractivity contribution < 1.29 is 21.6 Å². The Morgan fingerprint density at radius 2 is 1.60 bits per heavy atom. The van der Waals surface area contributed by atoms with E-state index in [1.807, 2.05) is 0 Å². The highest BCUT2D eigenvalue weighted by molar-refractivity contribution is 8.13. The molecule has 0 saturated heterocycles. The molecule has 0 radical (unpaired) electrons. The molecule has 106 valence electrons. The first-order chi connectivity index (χ1) is 9.19. The van der Waals surface area contributed by atoms with Crippen LogP contribution in [-0.4, -0.2) is 13.4 Å². The van der Waals surface area contributed by atoms with Crippen LogP contribution in [0.4, 0.5) is 13.2 Å². The molecule has 1 aromatic heterocycles. The van der Waals surface area contributed by atoms with E-state index in [4.69, 9.17) is 10.7 Å². The van der Waals surface area contributed by atoms with Crippen LogP contribution >= 0.6 is 10.7 Å². The van der Waals surface area contributed by atoms with Crippen LogP contribution in [0.2, 0.25) is 0 Å². The summed E-state index contributed by atoms with van der Waals surface area (Å²) in [5.41, 5.74) is -0.574. The minimum Gasteiger partial charge on any atom is -0.265 e. The largest absolute Gasteiger partial charge is 0.417 e. The Morgan fingerprint density at radius 1 is 1.00 bits per heavy atom. The number of hydrogen-bond donors (Lipinski definition) is 0. The molecule has 0 amide bonds. The van der Waals surface area contributed by atoms with E-state index in [1.165, 1.54) is 30.6 Å². The fourth-order valence-corrected chi connectivity index (χ4v) is 2.76. The third-order valence-corrected chi connectivity index (χ3v) is 3.94. The SMILES string of the molecule is O=S(=O)(Cl)c1ccc(-c2ccncc2)cc1C(F)(F)F. The van der Waals surface area contributed by atoms with Crippen molar-refractivity contribution in [2.24, 2.45) is 0 Å². The summed E-state index contributed by atoms with van der Waals surface area (Å²) in [5, 5.41) is 0. The van der Waals surface area contributed by atoms with E-state index < -0.39 is 25.7 Å². The van der Waals surface area contributed by atoms with E-state index in [2.05, 4.69) is 4.98 Å². The summed E-state index contributed by atoms with van der Waals surface area (Å²) >= 11 is 0. The zero-order valence-electron chi connectivity index (χ0n) is 9.73. The van der Waals surface area contributed by atoms with Gasteiger partial charge in [0, 0.05) is 23.1 Å². The number of rotatable bonds is 2. The number of hydrogen-bond acceptors (Lipinski definition) is 3. The third kappa shape index (κ3) is 3.10. The Kier molecular flexibility index (Phi) is 3.75. The van der Waals surface area contributed by atoms with Gasteiger partial charge in [-0.15, -0.1) is 0 Å². The van der Waals surface area contributed by atoms with E-state index in [9.17, 15) is 21.6 Å². The van der Waals surface area contributed by atoms with Gasteiger partial charge < -0.3 is 0 Å². The average Bonchev–Trinajstić information content (AvgIpc) is 2.37. The molecule has 3 nitrogen and oxygen atoms in total. The van der Waals surface area contributed by atoms with Crippen molar-refractivity contribution >= 4 is 19.7 Å².